The van der Waals surface area contributed by atoms with E-state index in [4.69, 9.17) is 5.73 Å². The van der Waals surface area contributed by atoms with Gasteiger partial charge in [0.05, 0.1) is 18.0 Å². The van der Waals surface area contributed by atoms with E-state index in [9.17, 15) is 4.79 Å². The summed E-state index contributed by atoms with van der Waals surface area (Å²) in [5, 5.41) is 0. The van der Waals surface area contributed by atoms with Crippen LogP contribution in [0.1, 0.15) is 10.4 Å². The molecule has 0 atom stereocenters. The van der Waals surface area contributed by atoms with Crippen molar-refractivity contribution in [3.8, 4) is 0 Å². The average molecular weight is 191 g/mol. The number of carbonyl (C=O) groups excluding carboxylic acids is 1. The molecule has 2 N–H and O–H groups in total. The van der Waals surface area contributed by atoms with Crippen LogP contribution in [-0.2, 0) is 0 Å². The minimum absolute atomic E-state index is 0.379. The maximum absolute atomic E-state index is 11.0. The minimum atomic E-state index is -0.379. The van der Waals surface area contributed by atoms with E-state index in [2.05, 4.69) is 9.80 Å². The molecule has 4 nitrogen and oxygen atoms in total. The van der Waals surface area contributed by atoms with E-state index in [1.54, 1.807) is 6.07 Å². The van der Waals surface area contributed by atoms with Gasteiger partial charge in [0.25, 0.3) is 0 Å². The molecule has 1 aromatic rings. The molecular weight excluding hydrogens is 178 g/mol. The second-order valence-electron chi connectivity index (χ2n) is 3.61. The Balaban J connectivity index is 2.50. The number of hydrogen-bond acceptors (Lipinski definition) is 3. The van der Waals surface area contributed by atoms with Gasteiger partial charge in [0.15, 0.2) is 0 Å². The Morgan fingerprint density at radius 1 is 1.29 bits per heavy atom. The molecule has 4 heteroatoms. The van der Waals surface area contributed by atoms with Crippen LogP contribution < -0.4 is 15.5 Å². The SMILES string of the molecule is CN1CN(C)c2cc(C(N)=O)ccc21. The van der Waals surface area contributed by atoms with Crippen molar-refractivity contribution in [2.24, 2.45) is 5.73 Å². The van der Waals surface area contributed by atoms with Crippen molar-refractivity contribution >= 4 is 17.3 Å². The lowest BCUT2D eigenvalue weighted by atomic mass is 10.1. The highest BCUT2D eigenvalue weighted by atomic mass is 16.1. The molecular formula is C10H13N3O. The zero-order valence-electron chi connectivity index (χ0n) is 8.32. The van der Waals surface area contributed by atoms with Crippen molar-refractivity contribution in [3.05, 3.63) is 23.8 Å². The summed E-state index contributed by atoms with van der Waals surface area (Å²) in [4.78, 5) is 15.2. The highest BCUT2D eigenvalue weighted by molar-refractivity contribution is 5.95. The summed E-state index contributed by atoms with van der Waals surface area (Å²) in [6, 6.07) is 5.52. The smallest absolute Gasteiger partial charge is 0.248 e. The van der Waals surface area contributed by atoms with E-state index in [0.717, 1.165) is 18.0 Å². The van der Waals surface area contributed by atoms with Gasteiger partial charge < -0.3 is 15.5 Å². The van der Waals surface area contributed by atoms with Gasteiger partial charge in [-0.15, -0.1) is 0 Å². The molecule has 0 aliphatic carbocycles. The van der Waals surface area contributed by atoms with Crippen molar-refractivity contribution in [2.75, 3.05) is 30.6 Å². The van der Waals surface area contributed by atoms with Crippen LogP contribution in [0.5, 0.6) is 0 Å². The summed E-state index contributed by atoms with van der Waals surface area (Å²) in [6.45, 7) is 0.845. The van der Waals surface area contributed by atoms with Crippen LogP contribution in [0.15, 0.2) is 18.2 Å². The molecule has 0 saturated carbocycles. The van der Waals surface area contributed by atoms with Crippen molar-refractivity contribution in [1.82, 2.24) is 0 Å². The Hall–Kier alpha value is -1.71. The summed E-state index contributed by atoms with van der Waals surface area (Å²) in [6.07, 6.45) is 0. The minimum Gasteiger partial charge on any atom is -0.366 e. The van der Waals surface area contributed by atoms with E-state index in [0.29, 0.717) is 5.56 Å². The standard InChI is InChI=1S/C10H13N3O/c1-12-6-13(2)9-5-7(10(11)14)3-4-8(9)12/h3-5H,6H2,1-2H3,(H2,11,14). The molecule has 1 heterocycles. The van der Waals surface area contributed by atoms with Gasteiger partial charge in [0, 0.05) is 19.7 Å². The number of fused-ring (bicyclic) bond motifs is 1. The largest absolute Gasteiger partial charge is 0.366 e. The highest BCUT2D eigenvalue weighted by Crippen LogP contribution is 2.34. The molecule has 0 fully saturated rings. The van der Waals surface area contributed by atoms with E-state index in [-0.39, 0.29) is 5.91 Å². The number of nitrogens with two attached hydrogens (primary N) is 1. The third-order valence-corrected chi connectivity index (χ3v) is 2.51. The van der Waals surface area contributed by atoms with Gasteiger partial charge in [-0.3, -0.25) is 4.79 Å². The van der Waals surface area contributed by atoms with Crippen molar-refractivity contribution in [3.63, 3.8) is 0 Å². The van der Waals surface area contributed by atoms with Gasteiger partial charge in [-0.25, -0.2) is 0 Å². The summed E-state index contributed by atoms with van der Waals surface area (Å²) in [7, 11) is 4.01. The Kier molecular flexibility index (Phi) is 1.84. The zero-order valence-corrected chi connectivity index (χ0v) is 8.32. The Morgan fingerprint density at radius 2 is 1.93 bits per heavy atom. The highest BCUT2D eigenvalue weighted by Gasteiger charge is 2.20. The fourth-order valence-corrected chi connectivity index (χ4v) is 1.78. The van der Waals surface area contributed by atoms with Gasteiger partial charge in [-0.2, -0.15) is 0 Å². The maximum atomic E-state index is 11.0. The molecule has 0 bridgehead atoms. The number of primary amides is 1. The lowest BCUT2D eigenvalue weighted by Crippen LogP contribution is -2.23. The molecule has 14 heavy (non-hydrogen) atoms. The molecule has 0 radical (unpaired) electrons. The molecule has 0 spiro atoms. The molecule has 0 unspecified atom stereocenters. The summed E-state index contributed by atoms with van der Waals surface area (Å²) >= 11 is 0. The van der Waals surface area contributed by atoms with Crippen molar-refractivity contribution < 1.29 is 4.79 Å². The first-order valence-corrected chi connectivity index (χ1v) is 4.45. The molecule has 1 aromatic carbocycles. The number of carbonyl (C=O) groups is 1. The molecule has 0 aromatic heterocycles. The number of amides is 1. The summed E-state index contributed by atoms with van der Waals surface area (Å²) in [5.41, 5.74) is 7.97. The predicted molar refractivity (Wildman–Crippen MR) is 56.6 cm³/mol. The van der Waals surface area contributed by atoms with Crippen LogP contribution in [0.4, 0.5) is 11.4 Å². The quantitative estimate of drug-likeness (QED) is 0.708. The Labute approximate surface area is 82.9 Å². The fourth-order valence-electron chi connectivity index (χ4n) is 1.78. The van der Waals surface area contributed by atoms with Gasteiger partial charge in [0.2, 0.25) is 5.91 Å². The Morgan fingerprint density at radius 3 is 2.57 bits per heavy atom. The van der Waals surface area contributed by atoms with E-state index < -0.39 is 0 Å². The topological polar surface area (TPSA) is 49.6 Å². The molecule has 74 valence electrons. The number of anilines is 2. The van der Waals surface area contributed by atoms with Gasteiger partial charge in [-0.05, 0) is 18.2 Å². The van der Waals surface area contributed by atoms with Gasteiger partial charge >= 0.3 is 0 Å². The van der Waals surface area contributed by atoms with Crippen LogP contribution in [0.25, 0.3) is 0 Å². The molecule has 1 aliphatic rings. The number of hydrogen-bond donors (Lipinski definition) is 1. The summed E-state index contributed by atoms with van der Waals surface area (Å²) in [5.74, 6) is -0.379. The van der Waals surface area contributed by atoms with Crippen molar-refractivity contribution in [1.29, 1.82) is 0 Å². The maximum Gasteiger partial charge on any atom is 0.248 e. The first-order valence-electron chi connectivity index (χ1n) is 4.45. The molecule has 1 amide bonds. The van der Waals surface area contributed by atoms with Crippen LogP contribution in [0, 0.1) is 0 Å². The molecule has 0 saturated heterocycles. The van der Waals surface area contributed by atoms with Crippen LogP contribution >= 0.6 is 0 Å². The lowest BCUT2D eigenvalue weighted by Gasteiger charge is -2.11. The monoisotopic (exact) mass is 191 g/mol. The summed E-state index contributed by atoms with van der Waals surface area (Å²) < 4.78 is 0. The normalized spacial score (nSPS) is 14.4. The van der Waals surface area contributed by atoms with E-state index in [1.807, 2.05) is 26.2 Å². The average Bonchev–Trinajstić information content (AvgIpc) is 2.42. The van der Waals surface area contributed by atoms with Gasteiger partial charge in [0.1, 0.15) is 0 Å². The lowest BCUT2D eigenvalue weighted by molar-refractivity contribution is 0.100. The first-order chi connectivity index (χ1) is 6.59. The van der Waals surface area contributed by atoms with Crippen LogP contribution in [0.2, 0.25) is 0 Å². The molecule has 1 aliphatic heterocycles. The van der Waals surface area contributed by atoms with Crippen molar-refractivity contribution in [2.45, 2.75) is 0 Å². The second kappa shape index (κ2) is 2.90. The zero-order chi connectivity index (χ0) is 10.3. The van der Waals surface area contributed by atoms with E-state index >= 15 is 0 Å². The third kappa shape index (κ3) is 1.19. The second-order valence-corrected chi connectivity index (χ2v) is 3.61. The Bertz CT molecular complexity index is 389. The third-order valence-electron chi connectivity index (χ3n) is 2.51. The first kappa shape index (κ1) is 8.87. The predicted octanol–water partition coefficient (Wildman–Crippen LogP) is 0.629. The number of rotatable bonds is 1. The fraction of sp³-hybridized carbons (Fsp3) is 0.300. The van der Waals surface area contributed by atoms with E-state index in [1.165, 1.54) is 0 Å². The van der Waals surface area contributed by atoms with Crippen LogP contribution in [-0.4, -0.2) is 26.7 Å². The number of benzene rings is 1. The molecule has 2 rings (SSSR count). The van der Waals surface area contributed by atoms with Gasteiger partial charge in [-0.1, -0.05) is 0 Å². The van der Waals surface area contributed by atoms with Crippen LogP contribution in [0.3, 0.4) is 0 Å². The number of nitrogens with zero attached hydrogens (tertiary/aromatic N) is 2.